The summed E-state index contributed by atoms with van der Waals surface area (Å²) < 4.78 is 0. The molecule has 0 aromatic heterocycles. The van der Waals surface area contributed by atoms with E-state index in [1.807, 2.05) is 24.3 Å². The molecule has 0 radical (unpaired) electrons. The van der Waals surface area contributed by atoms with Gasteiger partial charge in [-0.15, -0.1) is 0 Å². The van der Waals surface area contributed by atoms with Crippen LogP contribution in [-0.4, -0.2) is 10.2 Å². The maximum absolute atomic E-state index is 9.71. The van der Waals surface area contributed by atoms with Crippen molar-refractivity contribution in [2.45, 2.75) is 11.8 Å². The molecule has 0 fully saturated rings. The average Bonchev–Trinajstić information content (AvgIpc) is 3.01. The molecule has 0 saturated carbocycles. The van der Waals surface area contributed by atoms with Crippen molar-refractivity contribution in [3.8, 4) is 11.5 Å². The van der Waals surface area contributed by atoms with Crippen LogP contribution in [0.3, 0.4) is 0 Å². The highest BCUT2D eigenvalue weighted by Crippen LogP contribution is 2.46. The highest BCUT2D eigenvalue weighted by molar-refractivity contribution is 5.70. The van der Waals surface area contributed by atoms with Crippen molar-refractivity contribution < 1.29 is 10.2 Å². The van der Waals surface area contributed by atoms with Gasteiger partial charge in [0, 0.05) is 11.8 Å². The van der Waals surface area contributed by atoms with Gasteiger partial charge < -0.3 is 10.2 Å². The minimum atomic E-state index is 0.219. The van der Waals surface area contributed by atoms with Crippen LogP contribution in [0.25, 0.3) is 12.2 Å². The molecule has 20 heavy (non-hydrogen) atoms. The van der Waals surface area contributed by atoms with Crippen LogP contribution in [0.1, 0.15) is 34.1 Å². The van der Waals surface area contributed by atoms with Gasteiger partial charge in [0.25, 0.3) is 0 Å². The number of aromatic hydroxyl groups is 2. The molecule has 0 heterocycles. The lowest BCUT2D eigenvalue weighted by Gasteiger charge is -2.19. The molecule has 2 atom stereocenters. The Kier molecular flexibility index (Phi) is 2.27. The summed E-state index contributed by atoms with van der Waals surface area (Å²) in [4.78, 5) is 0. The van der Waals surface area contributed by atoms with Crippen molar-refractivity contribution in [3.05, 3.63) is 70.8 Å². The molecule has 0 spiro atoms. The predicted molar refractivity (Wildman–Crippen MR) is 79.8 cm³/mol. The van der Waals surface area contributed by atoms with E-state index in [0.717, 1.165) is 22.3 Å². The Morgan fingerprint density at radius 1 is 0.650 bits per heavy atom. The number of phenolic OH excluding ortho intramolecular Hbond substituents is 2. The fraction of sp³-hybridized carbons (Fsp3) is 0.111. The molecule has 2 aromatic rings. The van der Waals surface area contributed by atoms with Crippen molar-refractivity contribution in [2.75, 3.05) is 0 Å². The van der Waals surface area contributed by atoms with Crippen LogP contribution in [0.2, 0.25) is 0 Å². The second-order valence-corrected chi connectivity index (χ2v) is 5.40. The van der Waals surface area contributed by atoms with Crippen molar-refractivity contribution in [1.29, 1.82) is 0 Å². The Morgan fingerprint density at radius 2 is 1.10 bits per heavy atom. The van der Waals surface area contributed by atoms with Gasteiger partial charge in [-0.05, 0) is 46.5 Å². The normalized spacial score (nSPS) is 22.0. The molecule has 2 aromatic carbocycles. The second-order valence-electron chi connectivity index (χ2n) is 5.40. The number of hydrogen-bond donors (Lipinski definition) is 2. The maximum atomic E-state index is 9.71. The molecule has 2 aliphatic rings. The zero-order valence-electron chi connectivity index (χ0n) is 10.8. The van der Waals surface area contributed by atoms with Crippen molar-refractivity contribution in [2.24, 2.45) is 0 Å². The molecule has 0 saturated heterocycles. The Bertz CT molecular complexity index is 691. The van der Waals surface area contributed by atoms with E-state index in [9.17, 15) is 10.2 Å². The van der Waals surface area contributed by atoms with E-state index in [0.29, 0.717) is 11.5 Å². The number of fused-ring (bicyclic) bond motifs is 2. The zero-order valence-corrected chi connectivity index (χ0v) is 10.8. The van der Waals surface area contributed by atoms with Gasteiger partial charge in [-0.2, -0.15) is 0 Å². The molecule has 4 rings (SSSR count). The molecule has 0 aliphatic heterocycles. The lowest BCUT2D eigenvalue weighted by molar-refractivity contribution is 0.472. The third kappa shape index (κ3) is 1.58. The molecule has 0 bridgehead atoms. The zero-order chi connectivity index (χ0) is 13.7. The topological polar surface area (TPSA) is 40.5 Å². The second kappa shape index (κ2) is 4.01. The Labute approximate surface area is 117 Å². The van der Waals surface area contributed by atoms with Crippen LogP contribution in [-0.2, 0) is 0 Å². The molecule has 2 nitrogen and oxygen atoms in total. The fourth-order valence-electron chi connectivity index (χ4n) is 3.25. The molecule has 98 valence electrons. The van der Waals surface area contributed by atoms with E-state index in [-0.39, 0.29) is 11.8 Å². The highest BCUT2D eigenvalue weighted by atomic mass is 16.3. The number of rotatable bonds is 1. The van der Waals surface area contributed by atoms with Gasteiger partial charge in [0.1, 0.15) is 11.5 Å². The third-order valence-electron chi connectivity index (χ3n) is 4.21. The molecular formula is C18H14O2. The summed E-state index contributed by atoms with van der Waals surface area (Å²) in [6.07, 6.45) is 8.57. The molecule has 2 unspecified atom stereocenters. The van der Waals surface area contributed by atoms with Gasteiger partial charge in [0.15, 0.2) is 0 Å². The molecular weight excluding hydrogens is 248 g/mol. The summed E-state index contributed by atoms with van der Waals surface area (Å²) in [5.41, 5.74) is 4.62. The molecule has 2 aliphatic carbocycles. The third-order valence-corrected chi connectivity index (χ3v) is 4.21. The standard InChI is InChI=1S/C18H14O2/c19-13-5-1-11-3-7-15(17(11)9-13)16-8-4-12-2-6-14(20)10-18(12)16/h1-10,15-16,19-20H. The Morgan fingerprint density at radius 3 is 1.55 bits per heavy atom. The minimum Gasteiger partial charge on any atom is -0.508 e. The van der Waals surface area contributed by atoms with Crippen LogP contribution in [0.4, 0.5) is 0 Å². The summed E-state index contributed by atoms with van der Waals surface area (Å²) in [7, 11) is 0. The lowest BCUT2D eigenvalue weighted by Crippen LogP contribution is -2.04. The molecule has 2 heteroatoms. The highest BCUT2D eigenvalue weighted by Gasteiger charge is 2.29. The van der Waals surface area contributed by atoms with Gasteiger partial charge in [0.05, 0.1) is 0 Å². The van der Waals surface area contributed by atoms with Crippen molar-refractivity contribution >= 4 is 12.2 Å². The number of allylic oxidation sites excluding steroid dienone is 2. The van der Waals surface area contributed by atoms with Gasteiger partial charge in [-0.25, -0.2) is 0 Å². The van der Waals surface area contributed by atoms with E-state index in [1.54, 1.807) is 12.1 Å². The first-order valence-corrected chi connectivity index (χ1v) is 6.74. The summed E-state index contributed by atoms with van der Waals surface area (Å²) in [6, 6.07) is 11.0. The van der Waals surface area contributed by atoms with Crippen LogP contribution < -0.4 is 0 Å². The van der Waals surface area contributed by atoms with Gasteiger partial charge >= 0.3 is 0 Å². The quantitative estimate of drug-likeness (QED) is 0.815. The van der Waals surface area contributed by atoms with Gasteiger partial charge in [-0.1, -0.05) is 36.4 Å². The van der Waals surface area contributed by atoms with E-state index in [4.69, 9.17) is 0 Å². The Hall–Kier alpha value is -2.48. The minimum absolute atomic E-state index is 0.219. The summed E-state index contributed by atoms with van der Waals surface area (Å²) in [5.74, 6) is 1.04. The molecule has 2 N–H and O–H groups in total. The summed E-state index contributed by atoms with van der Waals surface area (Å²) >= 11 is 0. The van der Waals surface area contributed by atoms with E-state index < -0.39 is 0 Å². The first-order valence-electron chi connectivity index (χ1n) is 6.74. The van der Waals surface area contributed by atoms with Crippen LogP contribution in [0.15, 0.2) is 48.6 Å². The summed E-state index contributed by atoms with van der Waals surface area (Å²) in [6.45, 7) is 0. The largest absolute Gasteiger partial charge is 0.508 e. The van der Waals surface area contributed by atoms with E-state index >= 15 is 0 Å². The SMILES string of the molecule is Oc1ccc2c(c1)C(C1C=Cc3ccc(O)cc31)C=C2. The van der Waals surface area contributed by atoms with Crippen molar-refractivity contribution in [1.82, 2.24) is 0 Å². The van der Waals surface area contributed by atoms with E-state index in [1.165, 1.54) is 0 Å². The molecule has 0 amide bonds. The summed E-state index contributed by atoms with van der Waals surface area (Å²) in [5, 5.41) is 19.4. The number of benzene rings is 2. The van der Waals surface area contributed by atoms with E-state index in [2.05, 4.69) is 24.3 Å². The van der Waals surface area contributed by atoms with Gasteiger partial charge in [0.2, 0.25) is 0 Å². The monoisotopic (exact) mass is 262 g/mol. The number of hydrogen-bond acceptors (Lipinski definition) is 2. The predicted octanol–water partition coefficient (Wildman–Crippen LogP) is 4.02. The van der Waals surface area contributed by atoms with Crippen LogP contribution in [0.5, 0.6) is 11.5 Å². The average molecular weight is 262 g/mol. The lowest BCUT2D eigenvalue weighted by atomic mass is 9.84. The van der Waals surface area contributed by atoms with Crippen LogP contribution >= 0.6 is 0 Å². The van der Waals surface area contributed by atoms with Crippen LogP contribution in [0, 0.1) is 0 Å². The first-order chi connectivity index (χ1) is 9.72. The smallest absolute Gasteiger partial charge is 0.115 e. The maximum Gasteiger partial charge on any atom is 0.115 e. The van der Waals surface area contributed by atoms with Crippen molar-refractivity contribution in [3.63, 3.8) is 0 Å². The first kappa shape index (κ1) is 11.4. The fourth-order valence-corrected chi connectivity index (χ4v) is 3.25. The number of phenols is 2. The Balaban J connectivity index is 1.80. The van der Waals surface area contributed by atoms with Gasteiger partial charge in [-0.3, -0.25) is 0 Å².